The lowest BCUT2D eigenvalue weighted by Crippen LogP contribution is -2.22. The van der Waals surface area contributed by atoms with E-state index < -0.39 is 5.97 Å². The van der Waals surface area contributed by atoms with Gasteiger partial charge in [0, 0.05) is 11.9 Å². The Hall–Kier alpha value is -2.65. The fourth-order valence-corrected chi connectivity index (χ4v) is 6.13. The lowest BCUT2D eigenvalue weighted by Gasteiger charge is -2.18. The molecule has 1 atom stereocenters. The number of esters is 1. The Morgan fingerprint density at radius 1 is 1.33 bits per heavy atom. The van der Waals surface area contributed by atoms with E-state index in [2.05, 4.69) is 17.2 Å². The van der Waals surface area contributed by atoms with Gasteiger partial charge in [0.05, 0.1) is 28.3 Å². The maximum Gasteiger partial charge on any atom is 0.341 e. The standard InChI is InChI=1S/C24H27N3O4S2/c1-13(2)31-23(30)20-16-10-9-14(3)11-18(16)33-21(20)26-19(28)12-32-24-25-17-8-6-5-7-15(17)22(29)27(24)4/h5-8,13-14H,9-12H2,1-4H3,(H,26,28). The van der Waals surface area contributed by atoms with E-state index in [0.29, 0.717) is 32.5 Å². The number of fused-ring (bicyclic) bond motifs is 2. The minimum absolute atomic E-state index is 0.0657. The first-order chi connectivity index (χ1) is 15.7. The normalized spacial score (nSPS) is 15.5. The summed E-state index contributed by atoms with van der Waals surface area (Å²) in [7, 11) is 1.65. The van der Waals surface area contributed by atoms with Crippen molar-refractivity contribution in [3.8, 4) is 0 Å². The number of thioether (sulfide) groups is 1. The number of para-hydroxylation sites is 1. The number of benzene rings is 1. The average Bonchev–Trinajstić information content (AvgIpc) is 3.11. The van der Waals surface area contributed by atoms with Gasteiger partial charge in [-0.1, -0.05) is 30.8 Å². The summed E-state index contributed by atoms with van der Waals surface area (Å²) in [4.78, 5) is 43.9. The minimum Gasteiger partial charge on any atom is -0.459 e. The Balaban J connectivity index is 1.54. The third-order valence-electron chi connectivity index (χ3n) is 5.59. The van der Waals surface area contributed by atoms with E-state index >= 15 is 0 Å². The number of nitrogens with one attached hydrogen (secondary N) is 1. The predicted molar refractivity (Wildman–Crippen MR) is 132 cm³/mol. The summed E-state index contributed by atoms with van der Waals surface area (Å²) >= 11 is 2.66. The van der Waals surface area contributed by atoms with E-state index in [4.69, 9.17) is 4.74 Å². The summed E-state index contributed by atoms with van der Waals surface area (Å²) in [6.45, 7) is 5.83. The molecule has 1 aliphatic rings. The highest BCUT2D eigenvalue weighted by molar-refractivity contribution is 7.99. The second-order valence-electron chi connectivity index (χ2n) is 8.62. The van der Waals surface area contributed by atoms with Crippen molar-refractivity contribution in [2.45, 2.75) is 51.3 Å². The van der Waals surface area contributed by atoms with Crippen molar-refractivity contribution in [1.29, 1.82) is 0 Å². The Morgan fingerprint density at radius 2 is 2.09 bits per heavy atom. The summed E-state index contributed by atoms with van der Waals surface area (Å²) in [6.07, 6.45) is 2.48. The van der Waals surface area contributed by atoms with Gasteiger partial charge >= 0.3 is 5.97 Å². The second-order valence-corrected chi connectivity index (χ2v) is 10.7. The molecular weight excluding hydrogens is 458 g/mol. The van der Waals surface area contributed by atoms with Gasteiger partial charge in [-0.3, -0.25) is 14.2 Å². The molecule has 1 unspecified atom stereocenters. The van der Waals surface area contributed by atoms with Gasteiger partial charge in [-0.15, -0.1) is 11.3 Å². The van der Waals surface area contributed by atoms with Crippen LogP contribution in [0.3, 0.4) is 0 Å². The van der Waals surface area contributed by atoms with Crippen LogP contribution in [0.25, 0.3) is 10.9 Å². The number of nitrogens with zero attached hydrogens (tertiary/aromatic N) is 2. The molecule has 1 aromatic carbocycles. The number of aromatic nitrogens is 2. The quantitative estimate of drug-likeness (QED) is 0.316. The Morgan fingerprint density at radius 3 is 2.85 bits per heavy atom. The van der Waals surface area contributed by atoms with Crippen LogP contribution in [-0.4, -0.2) is 33.3 Å². The highest BCUT2D eigenvalue weighted by Gasteiger charge is 2.29. The fourth-order valence-electron chi connectivity index (χ4n) is 3.95. The van der Waals surface area contributed by atoms with Crippen LogP contribution >= 0.6 is 23.1 Å². The number of hydrogen-bond donors (Lipinski definition) is 1. The highest BCUT2D eigenvalue weighted by atomic mass is 32.2. The van der Waals surface area contributed by atoms with Crippen molar-refractivity contribution < 1.29 is 14.3 Å². The molecule has 174 valence electrons. The minimum atomic E-state index is -0.390. The topological polar surface area (TPSA) is 90.3 Å². The molecule has 1 N–H and O–H groups in total. The van der Waals surface area contributed by atoms with E-state index in [9.17, 15) is 14.4 Å². The maximum absolute atomic E-state index is 12.8. The molecule has 0 aliphatic heterocycles. The molecule has 1 aliphatic carbocycles. The zero-order valence-electron chi connectivity index (χ0n) is 19.1. The smallest absolute Gasteiger partial charge is 0.341 e. The molecule has 4 rings (SSSR count). The predicted octanol–water partition coefficient (Wildman–Crippen LogP) is 4.42. The molecule has 33 heavy (non-hydrogen) atoms. The summed E-state index contributed by atoms with van der Waals surface area (Å²) in [5.41, 5.74) is 1.94. The van der Waals surface area contributed by atoms with Gasteiger partial charge in [0.15, 0.2) is 5.16 Å². The van der Waals surface area contributed by atoms with Crippen LogP contribution in [0, 0.1) is 5.92 Å². The monoisotopic (exact) mass is 485 g/mol. The molecule has 0 spiro atoms. The van der Waals surface area contributed by atoms with Crippen LogP contribution in [0.1, 0.15) is 48.0 Å². The van der Waals surface area contributed by atoms with Crippen LogP contribution in [-0.2, 0) is 29.4 Å². The number of carbonyl (C=O) groups is 2. The van der Waals surface area contributed by atoms with Crippen LogP contribution in [0.5, 0.6) is 0 Å². The van der Waals surface area contributed by atoms with E-state index in [1.54, 1.807) is 25.2 Å². The summed E-state index contributed by atoms with van der Waals surface area (Å²) < 4.78 is 6.93. The van der Waals surface area contributed by atoms with Crippen molar-refractivity contribution >= 4 is 50.9 Å². The van der Waals surface area contributed by atoms with Gasteiger partial charge in [0.25, 0.3) is 5.56 Å². The summed E-state index contributed by atoms with van der Waals surface area (Å²) in [5.74, 6) is -0.0354. The lowest BCUT2D eigenvalue weighted by atomic mass is 9.88. The first-order valence-electron chi connectivity index (χ1n) is 11.0. The zero-order valence-corrected chi connectivity index (χ0v) is 20.8. The molecule has 2 heterocycles. The van der Waals surface area contributed by atoms with Gasteiger partial charge in [-0.25, -0.2) is 9.78 Å². The van der Waals surface area contributed by atoms with Crippen molar-refractivity contribution in [3.63, 3.8) is 0 Å². The van der Waals surface area contributed by atoms with Gasteiger partial charge in [-0.05, 0) is 56.7 Å². The molecule has 0 saturated heterocycles. The third kappa shape index (κ3) is 4.99. The molecule has 7 nitrogen and oxygen atoms in total. The van der Waals surface area contributed by atoms with Crippen molar-refractivity contribution in [2.24, 2.45) is 13.0 Å². The van der Waals surface area contributed by atoms with Crippen molar-refractivity contribution in [3.05, 3.63) is 50.6 Å². The molecule has 1 amide bonds. The van der Waals surface area contributed by atoms with Gasteiger partial charge in [-0.2, -0.15) is 0 Å². The molecule has 9 heteroatoms. The number of anilines is 1. The molecule has 0 bridgehead atoms. The lowest BCUT2D eigenvalue weighted by molar-refractivity contribution is -0.113. The number of amides is 1. The largest absolute Gasteiger partial charge is 0.459 e. The molecule has 0 radical (unpaired) electrons. The average molecular weight is 486 g/mol. The molecule has 0 fully saturated rings. The Labute approximate surface area is 200 Å². The fraction of sp³-hybridized carbons (Fsp3) is 0.417. The number of rotatable bonds is 6. The van der Waals surface area contributed by atoms with Crippen LogP contribution in [0.15, 0.2) is 34.2 Å². The van der Waals surface area contributed by atoms with Crippen LogP contribution in [0.4, 0.5) is 5.00 Å². The van der Waals surface area contributed by atoms with Crippen molar-refractivity contribution in [1.82, 2.24) is 9.55 Å². The molecular formula is C24H27N3O4S2. The van der Waals surface area contributed by atoms with E-state index in [-0.39, 0.29) is 23.3 Å². The highest BCUT2D eigenvalue weighted by Crippen LogP contribution is 2.40. The van der Waals surface area contributed by atoms with Crippen LogP contribution in [0.2, 0.25) is 0 Å². The Kier molecular flexibility index (Phi) is 6.90. The number of ether oxygens (including phenoxy) is 1. The van der Waals surface area contributed by atoms with Gasteiger partial charge in [0.1, 0.15) is 5.00 Å². The third-order valence-corrected chi connectivity index (χ3v) is 7.79. The summed E-state index contributed by atoms with van der Waals surface area (Å²) in [5, 5.41) is 4.48. The summed E-state index contributed by atoms with van der Waals surface area (Å²) in [6, 6.07) is 7.15. The molecule has 3 aromatic rings. The second kappa shape index (κ2) is 9.69. The first-order valence-corrected chi connectivity index (χ1v) is 12.8. The van der Waals surface area contributed by atoms with E-state index in [1.165, 1.54) is 27.7 Å². The van der Waals surface area contributed by atoms with Gasteiger partial charge in [0.2, 0.25) is 5.91 Å². The SMILES string of the molecule is CC1CCc2c(sc(NC(=O)CSc3nc4ccccc4c(=O)n3C)c2C(=O)OC(C)C)C1. The maximum atomic E-state index is 12.8. The number of hydrogen-bond acceptors (Lipinski definition) is 7. The molecule has 0 saturated carbocycles. The first kappa shape index (κ1) is 23.5. The van der Waals surface area contributed by atoms with E-state index in [1.807, 2.05) is 19.9 Å². The number of thiophene rings is 1. The van der Waals surface area contributed by atoms with E-state index in [0.717, 1.165) is 29.7 Å². The molecule has 2 aromatic heterocycles. The number of carbonyl (C=O) groups excluding carboxylic acids is 2. The Bertz CT molecular complexity index is 1280. The zero-order chi connectivity index (χ0) is 23.7. The van der Waals surface area contributed by atoms with Gasteiger partial charge < -0.3 is 10.1 Å². The van der Waals surface area contributed by atoms with Crippen molar-refractivity contribution in [2.75, 3.05) is 11.1 Å². The van der Waals surface area contributed by atoms with Crippen LogP contribution < -0.4 is 10.9 Å².